The van der Waals surface area contributed by atoms with Gasteiger partial charge in [0.15, 0.2) is 0 Å². The van der Waals surface area contributed by atoms with Crippen LogP contribution in [-0.2, 0) is 16.1 Å². The van der Waals surface area contributed by atoms with Crippen molar-refractivity contribution in [3.05, 3.63) is 30.4 Å². The molecule has 0 saturated carbocycles. The van der Waals surface area contributed by atoms with Crippen LogP contribution in [0.25, 0.3) is 0 Å². The first-order valence-corrected chi connectivity index (χ1v) is 5.09. The van der Waals surface area contributed by atoms with Crippen LogP contribution in [0.5, 0.6) is 0 Å². The van der Waals surface area contributed by atoms with Gasteiger partial charge < -0.3 is 10.1 Å². The van der Waals surface area contributed by atoms with E-state index in [1.54, 1.807) is 6.07 Å². The number of carbonyl (C=O) groups excluding carboxylic acids is 2. The fraction of sp³-hybridized carbons (Fsp3) is 0.200. The molecule has 0 radical (unpaired) electrons. The van der Waals surface area contributed by atoms with Gasteiger partial charge >= 0.3 is 5.97 Å². The number of aromatic nitrogens is 4. The Hall–Kier alpha value is -2.64. The van der Waals surface area contributed by atoms with E-state index in [0.29, 0.717) is 11.4 Å². The van der Waals surface area contributed by atoms with Crippen molar-refractivity contribution in [2.75, 3.05) is 12.4 Å². The molecule has 18 heavy (non-hydrogen) atoms. The van der Waals surface area contributed by atoms with Crippen LogP contribution in [0.1, 0.15) is 10.5 Å². The Morgan fingerprint density at radius 1 is 1.56 bits per heavy atom. The number of hydrogen-bond donors (Lipinski definition) is 2. The van der Waals surface area contributed by atoms with Gasteiger partial charge in [-0.15, -0.1) is 0 Å². The lowest BCUT2D eigenvalue weighted by Crippen LogP contribution is -2.13. The minimum absolute atomic E-state index is 0.00354. The summed E-state index contributed by atoms with van der Waals surface area (Å²) in [5.74, 6) is -0.741. The fourth-order valence-corrected chi connectivity index (χ4v) is 1.29. The van der Waals surface area contributed by atoms with Gasteiger partial charge in [0, 0.05) is 12.4 Å². The number of H-pyrrole nitrogens is 1. The van der Waals surface area contributed by atoms with Gasteiger partial charge in [-0.3, -0.25) is 19.4 Å². The van der Waals surface area contributed by atoms with E-state index in [4.69, 9.17) is 0 Å². The third-order valence-corrected chi connectivity index (χ3v) is 2.16. The van der Waals surface area contributed by atoms with Gasteiger partial charge in [-0.1, -0.05) is 0 Å². The lowest BCUT2D eigenvalue weighted by molar-refractivity contribution is -0.141. The molecule has 2 heterocycles. The van der Waals surface area contributed by atoms with Crippen molar-refractivity contribution >= 4 is 17.6 Å². The normalized spacial score (nSPS) is 10.1. The maximum absolute atomic E-state index is 11.7. The SMILES string of the molecule is COC(=O)Cn1cc(NC(=O)c2ccn[nH]2)cn1. The standard InChI is InChI=1S/C10H11N5O3/c1-18-9(16)6-15-5-7(4-12-15)13-10(17)8-2-3-11-14-8/h2-5H,6H2,1H3,(H,11,14)(H,13,17). The highest BCUT2D eigenvalue weighted by molar-refractivity contribution is 6.02. The molecule has 1 amide bonds. The zero-order valence-corrected chi connectivity index (χ0v) is 9.58. The van der Waals surface area contributed by atoms with Crippen LogP contribution in [-0.4, -0.2) is 39.0 Å². The molecule has 0 aliphatic rings. The third kappa shape index (κ3) is 2.73. The summed E-state index contributed by atoms with van der Waals surface area (Å²) in [5.41, 5.74) is 0.828. The molecule has 2 rings (SSSR count). The van der Waals surface area contributed by atoms with Gasteiger partial charge in [-0.05, 0) is 6.07 Å². The lowest BCUT2D eigenvalue weighted by atomic mass is 10.4. The van der Waals surface area contributed by atoms with Gasteiger partial charge in [0.2, 0.25) is 0 Å². The number of rotatable bonds is 4. The highest BCUT2D eigenvalue weighted by Gasteiger charge is 2.09. The van der Waals surface area contributed by atoms with E-state index in [9.17, 15) is 9.59 Å². The monoisotopic (exact) mass is 249 g/mol. The average molecular weight is 249 g/mol. The number of amides is 1. The summed E-state index contributed by atoms with van der Waals surface area (Å²) in [7, 11) is 1.30. The maximum atomic E-state index is 11.7. The van der Waals surface area contributed by atoms with E-state index < -0.39 is 5.97 Å². The van der Waals surface area contributed by atoms with Crippen LogP contribution in [0.2, 0.25) is 0 Å². The summed E-state index contributed by atoms with van der Waals surface area (Å²) in [6.07, 6.45) is 4.46. The summed E-state index contributed by atoms with van der Waals surface area (Å²) >= 11 is 0. The van der Waals surface area contributed by atoms with Crippen molar-refractivity contribution in [1.29, 1.82) is 0 Å². The molecule has 2 aromatic heterocycles. The summed E-state index contributed by atoms with van der Waals surface area (Å²) in [6.45, 7) is -0.00354. The van der Waals surface area contributed by atoms with Gasteiger partial charge in [0.05, 0.1) is 19.0 Å². The number of esters is 1. The van der Waals surface area contributed by atoms with Gasteiger partial charge in [0.1, 0.15) is 12.2 Å². The molecule has 0 aliphatic carbocycles. The number of nitrogens with zero attached hydrogens (tertiary/aromatic N) is 3. The molecule has 8 nitrogen and oxygen atoms in total. The van der Waals surface area contributed by atoms with Crippen LogP contribution in [0.15, 0.2) is 24.7 Å². The number of carbonyl (C=O) groups is 2. The maximum Gasteiger partial charge on any atom is 0.327 e. The predicted molar refractivity (Wildman–Crippen MR) is 60.8 cm³/mol. The Bertz CT molecular complexity index is 546. The molecule has 0 bridgehead atoms. The van der Waals surface area contributed by atoms with Crippen molar-refractivity contribution < 1.29 is 14.3 Å². The van der Waals surface area contributed by atoms with E-state index in [1.165, 1.54) is 30.4 Å². The van der Waals surface area contributed by atoms with E-state index in [0.717, 1.165) is 0 Å². The molecule has 0 aromatic carbocycles. The van der Waals surface area contributed by atoms with E-state index in [1.807, 2.05) is 0 Å². The summed E-state index contributed by atoms with van der Waals surface area (Å²) < 4.78 is 5.87. The Morgan fingerprint density at radius 3 is 3.06 bits per heavy atom. The van der Waals surface area contributed by atoms with E-state index in [2.05, 4.69) is 25.3 Å². The molecule has 0 spiro atoms. The van der Waals surface area contributed by atoms with Crippen LogP contribution in [0, 0.1) is 0 Å². The zero-order chi connectivity index (χ0) is 13.0. The molecule has 2 aromatic rings. The number of anilines is 1. The van der Waals surface area contributed by atoms with E-state index in [-0.39, 0.29) is 12.5 Å². The third-order valence-electron chi connectivity index (χ3n) is 2.16. The quantitative estimate of drug-likeness (QED) is 0.744. The van der Waals surface area contributed by atoms with Crippen LogP contribution in [0.4, 0.5) is 5.69 Å². The molecule has 0 unspecified atom stereocenters. The Morgan fingerprint density at radius 2 is 2.39 bits per heavy atom. The number of aromatic amines is 1. The first-order chi connectivity index (χ1) is 8.69. The smallest absolute Gasteiger partial charge is 0.327 e. The summed E-state index contributed by atoms with van der Waals surface area (Å²) in [5, 5.41) is 12.7. The van der Waals surface area contributed by atoms with Crippen LogP contribution < -0.4 is 5.32 Å². The lowest BCUT2D eigenvalue weighted by Gasteiger charge is -1.99. The first kappa shape index (κ1) is 11.8. The molecular weight excluding hydrogens is 238 g/mol. The number of hydrogen-bond acceptors (Lipinski definition) is 5. The highest BCUT2D eigenvalue weighted by Crippen LogP contribution is 2.06. The topological polar surface area (TPSA) is 102 Å². The Balaban J connectivity index is 1.98. The largest absolute Gasteiger partial charge is 0.468 e. The minimum atomic E-state index is -0.412. The summed E-state index contributed by atoms with van der Waals surface area (Å²) in [6, 6.07) is 1.55. The second kappa shape index (κ2) is 5.13. The van der Waals surface area contributed by atoms with Crippen molar-refractivity contribution in [2.45, 2.75) is 6.54 Å². The molecule has 0 atom stereocenters. The molecule has 2 N–H and O–H groups in total. The average Bonchev–Trinajstić information content (AvgIpc) is 3.00. The number of methoxy groups -OCH3 is 1. The second-order valence-electron chi connectivity index (χ2n) is 3.43. The van der Waals surface area contributed by atoms with E-state index >= 15 is 0 Å². The van der Waals surface area contributed by atoms with Crippen LogP contribution in [0.3, 0.4) is 0 Å². The minimum Gasteiger partial charge on any atom is -0.468 e. The van der Waals surface area contributed by atoms with Gasteiger partial charge in [-0.25, -0.2) is 0 Å². The number of ether oxygens (including phenoxy) is 1. The first-order valence-electron chi connectivity index (χ1n) is 5.09. The van der Waals surface area contributed by atoms with Crippen molar-refractivity contribution in [2.24, 2.45) is 0 Å². The number of nitrogens with one attached hydrogen (secondary N) is 2. The van der Waals surface area contributed by atoms with Crippen LogP contribution >= 0.6 is 0 Å². The fourth-order valence-electron chi connectivity index (χ4n) is 1.29. The molecule has 8 heteroatoms. The summed E-state index contributed by atoms with van der Waals surface area (Å²) in [4.78, 5) is 22.7. The molecule has 0 saturated heterocycles. The van der Waals surface area contributed by atoms with Crippen molar-refractivity contribution in [3.63, 3.8) is 0 Å². The predicted octanol–water partition coefficient (Wildman–Crippen LogP) is 0.0315. The Kier molecular flexibility index (Phi) is 3.37. The van der Waals surface area contributed by atoms with Gasteiger partial charge in [0.25, 0.3) is 5.91 Å². The van der Waals surface area contributed by atoms with Gasteiger partial charge in [-0.2, -0.15) is 10.2 Å². The zero-order valence-electron chi connectivity index (χ0n) is 9.58. The molecule has 0 aliphatic heterocycles. The van der Waals surface area contributed by atoms with Crippen molar-refractivity contribution in [1.82, 2.24) is 20.0 Å². The second-order valence-corrected chi connectivity index (χ2v) is 3.43. The molecular formula is C10H11N5O3. The molecule has 94 valence electrons. The molecule has 0 fully saturated rings. The highest BCUT2D eigenvalue weighted by atomic mass is 16.5. The van der Waals surface area contributed by atoms with Crippen molar-refractivity contribution in [3.8, 4) is 0 Å². The Labute approximate surface area is 102 Å².